The minimum Gasteiger partial charge on any atom is -0.497 e. The minimum absolute atomic E-state index is 0.118. The molecular weight excluding hydrogens is 282 g/mol. The number of amides is 1. The first-order chi connectivity index (χ1) is 10.7. The molecule has 0 radical (unpaired) electrons. The summed E-state index contributed by atoms with van der Waals surface area (Å²) in [7, 11) is 1.55. The number of nitrogens with one attached hydrogen (secondary N) is 1. The average molecular weight is 297 g/mol. The van der Waals surface area contributed by atoms with E-state index >= 15 is 0 Å². The van der Waals surface area contributed by atoms with Crippen molar-refractivity contribution in [1.82, 2.24) is 5.43 Å². The second-order valence-electron chi connectivity index (χ2n) is 4.38. The molecule has 2 rings (SSSR count). The van der Waals surface area contributed by atoms with Crippen LogP contribution in [-0.2, 0) is 0 Å². The lowest BCUT2D eigenvalue weighted by molar-refractivity contribution is 0.0955. The summed E-state index contributed by atoms with van der Waals surface area (Å²) in [6.07, 6.45) is 0. The molecule has 6 heteroatoms. The first-order valence-electron chi connectivity index (χ1n) is 6.60. The number of nitroso groups, excluding NO2 is 1. The zero-order valence-electron chi connectivity index (χ0n) is 12.0. The Kier molecular flexibility index (Phi) is 5.37. The van der Waals surface area contributed by atoms with E-state index in [1.807, 2.05) is 18.2 Å². The Hall–Kier alpha value is -3.02. The molecule has 0 saturated carbocycles. The lowest BCUT2D eigenvalue weighted by atomic mass is 10.1. The highest BCUT2D eigenvalue weighted by molar-refractivity contribution is 6.03. The fourth-order valence-corrected chi connectivity index (χ4v) is 1.81. The van der Waals surface area contributed by atoms with E-state index in [0.717, 1.165) is 5.56 Å². The number of carbonyl (C=O) groups is 1. The van der Waals surface area contributed by atoms with Gasteiger partial charge in [-0.25, -0.2) is 5.43 Å². The fourth-order valence-electron chi connectivity index (χ4n) is 1.81. The van der Waals surface area contributed by atoms with Gasteiger partial charge < -0.3 is 4.74 Å². The molecule has 0 unspecified atom stereocenters. The van der Waals surface area contributed by atoms with Gasteiger partial charge in [-0.15, -0.1) is 0 Å². The Morgan fingerprint density at radius 3 is 2.32 bits per heavy atom. The number of carbonyl (C=O) groups excluding carboxylic acids is 1. The predicted molar refractivity (Wildman–Crippen MR) is 84.1 cm³/mol. The van der Waals surface area contributed by atoms with E-state index in [1.54, 1.807) is 43.5 Å². The summed E-state index contributed by atoms with van der Waals surface area (Å²) in [5.74, 6) is 0.289. The number of hydrogen-bond donors (Lipinski definition) is 1. The second kappa shape index (κ2) is 7.68. The van der Waals surface area contributed by atoms with Crippen LogP contribution >= 0.6 is 0 Å². The lowest BCUT2D eigenvalue weighted by Crippen LogP contribution is -2.21. The quantitative estimate of drug-likeness (QED) is 0.505. The highest BCUT2D eigenvalue weighted by Crippen LogP contribution is 2.11. The molecule has 0 saturated heterocycles. The van der Waals surface area contributed by atoms with Crippen LogP contribution in [0.2, 0.25) is 0 Å². The van der Waals surface area contributed by atoms with Crippen molar-refractivity contribution < 1.29 is 9.53 Å². The van der Waals surface area contributed by atoms with Crippen LogP contribution in [0.15, 0.2) is 64.9 Å². The number of methoxy groups -OCH3 is 1. The molecule has 0 fully saturated rings. The van der Waals surface area contributed by atoms with E-state index in [2.05, 4.69) is 15.7 Å². The summed E-state index contributed by atoms with van der Waals surface area (Å²) in [6, 6.07) is 15.7. The van der Waals surface area contributed by atoms with E-state index in [9.17, 15) is 9.70 Å². The van der Waals surface area contributed by atoms with Crippen LogP contribution in [0.25, 0.3) is 0 Å². The van der Waals surface area contributed by atoms with Crippen molar-refractivity contribution in [2.75, 3.05) is 13.7 Å². The molecule has 112 valence electrons. The predicted octanol–water partition coefficient (Wildman–Crippen LogP) is 2.60. The second-order valence-corrected chi connectivity index (χ2v) is 4.38. The summed E-state index contributed by atoms with van der Waals surface area (Å²) >= 11 is 0. The Labute approximate surface area is 127 Å². The number of hydrogen-bond acceptors (Lipinski definition) is 5. The van der Waals surface area contributed by atoms with Gasteiger partial charge in [0.15, 0.2) is 0 Å². The van der Waals surface area contributed by atoms with E-state index in [1.165, 1.54) is 0 Å². The van der Waals surface area contributed by atoms with Gasteiger partial charge in [-0.1, -0.05) is 35.5 Å². The summed E-state index contributed by atoms with van der Waals surface area (Å²) < 4.78 is 5.03. The highest BCUT2D eigenvalue weighted by Gasteiger charge is 2.07. The normalized spacial score (nSPS) is 10.9. The number of rotatable bonds is 6. The molecule has 1 amide bonds. The molecule has 0 bridgehead atoms. The van der Waals surface area contributed by atoms with E-state index < -0.39 is 0 Å². The molecule has 2 aromatic rings. The average Bonchev–Trinajstić information content (AvgIpc) is 2.59. The van der Waals surface area contributed by atoms with E-state index in [4.69, 9.17) is 4.74 Å². The number of benzene rings is 2. The molecule has 0 spiro atoms. The summed E-state index contributed by atoms with van der Waals surface area (Å²) in [6.45, 7) is -0.118. The maximum atomic E-state index is 12.0. The fraction of sp³-hybridized carbons (Fsp3) is 0.125. The third-order valence-electron chi connectivity index (χ3n) is 2.97. The minimum atomic E-state index is -0.373. The van der Waals surface area contributed by atoms with Crippen molar-refractivity contribution in [3.63, 3.8) is 0 Å². The van der Waals surface area contributed by atoms with Crippen LogP contribution in [0.4, 0.5) is 0 Å². The Morgan fingerprint density at radius 1 is 1.05 bits per heavy atom. The molecule has 22 heavy (non-hydrogen) atoms. The maximum Gasteiger partial charge on any atom is 0.271 e. The third kappa shape index (κ3) is 3.99. The monoisotopic (exact) mass is 297 g/mol. The van der Waals surface area contributed by atoms with Gasteiger partial charge in [0.2, 0.25) is 0 Å². The van der Waals surface area contributed by atoms with Gasteiger partial charge in [-0.3, -0.25) is 4.79 Å². The van der Waals surface area contributed by atoms with Crippen LogP contribution in [0.3, 0.4) is 0 Å². The Morgan fingerprint density at radius 2 is 1.73 bits per heavy atom. The van der Waals surface area contributed by atoms with Crippen LogP contribution in [0.1, 0.15) is 15.9 Å². The zero-order chi connectivity index (χ0) is 15.8. The molecule has 0 heterocycles. The van der Waals surface area contributed by atoms with Crippen molar-refractivity contribution in [2.45, 2.75) is 0 Å². The third-order valence-corrected chi connectivity index (χ3v) is 2.97. The van der Waals surface area contributed by atoms with Crippen LogP contribution in [0, 0.1) is 4.91 Å². The Bertz CT molecular complexity index is 667. The first kappa shape index (κ1) is 15.4. The largest absolute Gasteiger partial charge is 0.497 e. The smallest absolute Gasteiger partial charge is 0.271 e. The number of ether oxygens (including phenoxy) is 1. The standard InChI is InChI=1S/C16H15N3O3/c1-22-14-9-7-13(8-10-14)16(20)19-18-15(11-17-21)12-5-3-2-4-6-12/h2-10H,11H2,1H3,(H,19,20). The van der Waals surface area contributed by atoms with Crippen LogP contribution in [-0.4, -0.2) is 25.3 Å². The molecule has 0 aromatic heterocycles. The number of hydrazone groups is 1. The van der Waals surface area contributed by atoms with Crippen molar-refractivity contribution in [3.05, 3.63) is 70.6 Å². The lowest BCUT2D eigenvalue weighted by Gasteiger charge is -2.05. The maximum absolute atomic E-state index is 12.0. The van der Waals surface area contributed by atoms with E-state index in [0.29, 0.717) is 17.0 Å². The van der Waals surface area contributed by atoms with Crippen LogP contribution in [0.5, 0.6) is 5.75 Å². The molecule has 0 aliphatic heterocycles. The highest BCUT2D eigenvalue weighted by atomic mass is 16.5. The Balaban J connectivity index is 2.12. The molecule has 6 nitrogen and oxygen atoms in total. The summed E-state index contributed by atoms with van der Waals surface area (Å²) in [5, 5.41) is 6.83. The molecule has 0 atom stereocenters. The van der Waals surface area contributed by atoms with Crippen molar-refractivity contribution in [1.29, 1.82) is 0 Å². The van der Waals surface area contributed by atoms with Gasteiger partial charge in [0.25, 0.3) is 5.91 Å². The summed E-state index contributed by atoms with van der Waals surface area (Å²) in [4.78, 5) is 22.5. The zero-order valence-corrected chi connectivity index (χ0v) is 12.0. The topological polar surface area (TPSA) is 80.1 Å². The molecule has 0 aliphatic carbocycles. The first-order valence-corrected chi connectivity index (χ1v) is 6.60. The van der Waals surface area contributed by atoms with E-state index in [-0.39, 0.29) is 12.5 Å². The molecule has 0 aliphatic rings. The van der Waals surface area contributed by atoms with Gasteiger partial charge in [0.1, 0.15) is 12.3 Å². The van der Waals surface area contributed by atoms with Gasteiger partial charge >= 0.3 is 0 Å². The SMILES string of the molecule is COc1ccc(C(=O)NN=C(CN=O)c2ccccc2)cc1. The molecule has 1 N–H and O–H groups in total. The van der Waals surface area contributed by atoms with Crippen molar-refractivity contribution in [3.8, 4) is 5.75 Å². The molecular formula is C16H15N3O3. The molecule has 2 aromatic carbocycles. The van der Waals surface area contributed by atoms with Crippen molar-refractivity contribution >= 4 is 11.6 Å². The van der Waals surface area contributed by atoms with Gasteiger partial charge in [0.05, 0.1) is 12.8 Å². The number of nitrogens with zero attached hydrogens (tertiary/aromatic N) is 2. The van der Waals surface area contributed by atoms with Crippen molar-refractivity contribution in [2.24, 2.45) is 10.3 Å². The van der Waals surface area contributed by atoms with Gasteiger partial charge in [0, 0.05) is 5.56 Å². The summed E-state index contributed by atoms with van der Waals surface area (Å²) in [5.41, 5.74) is 4.00. The van der Waals surface area contributed by atoms with Crippen LogP contribution < -0.4 is 10.2 Å². The van der Waals surface area contributed by atoms with Gasteiger partial charge in [-0.05, 0) is 29.8 Å². The van der Waals surface area contributed by atoms with Gasteiger partial charge in [-0.2, -0.15) is 10.0 Å².